The molecule has 0 heterocycles. The molecule has 1 atom stereocenters. The molecule has 0 saturated carbocycles. The lowest BCUT2D eigenvalue weighted by molar-refractivity contribution is -0.137. The third kappa shape index (κ3) is 4.40. The first kappa shape index (κ1) is 14.1. The maximum atomic E-state index is 11.0. The van der Waals surface area contributed by atoms with Gasteiger partial charge in [0, 0.05) is 11.8 Å². The van der Waals surface area contributed by atoms with Gasteiger partial charge in [-0.2, -0.15) is 0 Å². The van der Waals surface area contributed by atoms with Crippen LogP contribution in [0.5, 0.6) is 0 Å². The Morgan fingerprint density at radius 1 is 1.47 bits per heavy atom. The van der Waals surface area contributed by atoms with E-state index in [9.17, 15) is 4.79 Å². The molecule has 0 aliphatic heterocycles. The van der Waals surface area contributed by atoms with Gasteiger partial charge in [0.1, 0.15) is 0 Å². The van der Waals surface area contributed by atoms with Crippen LogP contribution in [0.4, 0.5) is 0 Å². The molecule has 0 amide bonds. The van der Waals surface area contributed by atoms with Crippen molar-refractivity contribution in [1.82, 2.24) is 0 Å². The van der Waals surface area contributed by atoms with Gasteiger partial charge in [0.2, 0.25) is 0 Å². The van der Waals surface area contributed by atoms with Crippen LogP contribution in [0.2, 0.25) is 0 Å². The van der Waals surface area contributed by atoms with Crippen molar-refractivity contribution in [3.8, 4) is 0 Å². The van der Waals surface area contributed by atoms with E-state index >= 15 is 0 Å². The molecule has 0 aromatic heterocycles. The Labute approximate surface area is 107 Å². The van der Waals surface area contributed by atoms with Crippen molar-refractivity contribution in [3.63, 3.8) is 0 Å². The Hall–Kier alpha value is -1.00. The second kappa shape index (κ2) is 6.67. The number of rotatable bonds is 5. The SMILES string of the molecule is COC(=O)CSCC(N)c1ccc(C)cc1C. The van der Waals surface area contributed by atoms with E-state index in [0.717, 1.165) is 11.3 Å². The molecule has 0 bridgehead atoms. The summed E-state index contributed by atoms with van der Waals surface area (Å²) < 4.78 is 4.58. The van der Waals surface area contributed by atoms with Gasteiger partial charge in [-0.1, -0.05) is 23.8 Å². The number of aryl methyl sites for hydroxylation is 2. The van der Waals surface area contributed by atoms with Crippen LogP contribution < -0.4 is 5.73 Å². The second-order valence-electron chi connectivity index (χ2n) is 4.06. The number of hydrogen-bond acceptors (Lipinski definition) is 4. The molecule has 0 fully saturated rings. The van der Waals surface area contributed by atoms with E-state index in [4.69, 9.17) is 5.73 Å². The van der Waals surface area contributed by atoms with Crippen molar-refractivity contribution in [2.45, 2.75) is 19.9 Å². The average Bonchev–Trinajstić information content (AvgIpc) is 2.28. The van der Waals surface area contributed by atoms with Gasteiger partial charge in [0.25, 0.3) is 0 Å². The first-order valence-corrected chi connectivity index (χ1v) is 6.67. The molecule has 0 spiro atoms. The van der Waals surface area contributed by atoms with Crippen LogP contribution in [0.1, 0.15) is 22.7 Å². The summed E-state index contributed by atoms with van der Waals surface area (Å²) in [5, 5.41) is 0. The Morgan fingerprint density at radius 3 is 2.76 bits per heavy atom. The zero-order valence-corrected chi connectivity index (χ0v) is 11.3. The zero-order chi connectivity index (χ0) is 12.8. The van der Waals surface area contributed by atoms with Crippen LogP contribution in [0, 0.1) is 13.8 Å². The highest BCUT2D eigenvalue weighted by molar-refractivity contribution is 7.99. The Balaban J connectivity index is 2.52. The maximum absolute atomic E-state index is 11.0. The molecule has 0 aliphatic carbocycles. The smallest absolute Gasteiger partial charge is 0.315 e. The molecule has 0 aliphatic rings. The second-order valence-corrected chi connectivity index (χ2v) is 5.09. The lowest BCUT2D eigenvalue weighted by Gasteiger charge is -2.14. The van der Waals surface area contributed by atoms with Gasteiger partial charge in [0.05, 0.1) is 12.9 Å². The number of thioether (sulfide) groups is 1. The maximum Gasteiger partial charge on any atom is 0.315 e. The average molecular weight is 253 g/mol. The predicted molar refractivity (Wildman–Crippen MR) is 72.2 cm³/mol. The van der Waals surface area contributed by atoms with Crippen molar-refractivity contribution in [2.75, 3.05) is 18.6 Å². The monoisotopic (exact) mass is 253 g/mol. The van der Waals surface area contributed by atoms with E-state index in [1.165, 1.54) is 30.0 Å². The number of carbonyl (C=O) groups excluding carboxylic acids is 1. The summed E-state index contributed by atoms with van der Waals surface area (Å²) in [4.78, 5) is 11.0. The number of hydrogen-bond donors (Lipinski definition) is 1. The molecule has 1 unspecified atom stereocenters. The summed E-state index contributed by atoms with van der Waals surface area (Å²) in [6.07, 6.45) is 0. The van der Waals surface area contributed by atoms with Crippen LogP contribution >= 0.6 is 11.8 Å². The van der Waals surface area contributed by atoms with E-state index in [1.54, 1.807) is 0 Å². The van der Waals surface area contributed by atoms with E-state index in [-0.39, 0.29) is 12.0 Å². The Bertz CT molecular complexity index is 393. The molecular weight excluding hydrogens is 234 g/mol. The van der Waals surface area contributed by atoms with Crippen molar-refractivity contribution >= 4 is 17.7 Å². The lowest BCUT2D eigenvalue weighted by atomic mass is 10.0. The molecule has 94 valence electrons. The van der Waals surface area contributed by atoms with Gasteiger partial charge in [-0.05, 0) is 25.0 Å². The Kier molecular flexibility index (Phi) is 5.51. The molecule has 1 aromatic rings. The van der Waals surface area contributed by atoms with Crippen molar-refractivity contribution in [1.29, 1.82) is 0 Å². The minimum Gasteiger partial charge on any atom is -0.468 e. The van der Waals surface area contributed by atoms with E-state index in [1.807, 2.05) is 0 Å². The standard InChI is InChI=1S/C13H19NO2S/c1-9-4-5-11(10(2)6-9)12(14)7-17-8-13(15)16-3/h4-6,12H,7-8,14H2,1-3H3. The molecule has 2 N–H and O–H groups in total. The van der Waals surface area contributed by atoms with Crippen LogP contribution in [-0.2, 0) is 9.53 Å². The first-order valence-electron chi connectivity index (χ1n) is 5.52. The summed E-state index contributed by atoms with van der Waals surface area (Å²) in [6, 6.07) is 6.21. The molecule has 1 aromatic carbocycles. The van der Waals surface area contributed by atoms with Crippen molar-refractivity contribution in [2.24, 2.45) is 5.73 Å². The summed E-state index contributed by atoms with van der Waals surface area (Å²) >= 11 is 1.50. The van der Waals surface area contributed by atoms with Crippen molar-refractivity contribution < 1.29 is 9.53 Å². The quantitative estimate of drug-likeness (QED) is 0.817. The molecule has 0 saturated heterocycles. The van der Waals surface area contributed by atoms with Crippen LogP contribution in [0.15, 0.2) is 18.2 Å². The highest BCUT2D eigenvalue weighted by Crippen LogP contribution is 2.20. The molecule has 4 heteroatoms. The third-order valence-corrected chi connectivity index (χ3v) is 3.60. The topological polar surface area (TPSA) is 52.3 Å². The summed E-state index contributed by atoms with van der Waals surface area (Å²) in [5.74, 6) is 0.872. The molecular formula is C13H19NO2S. The molecule has 0 radical (unpaired) electrons. The summed E-state index contributed by atoms with van der Waals surface area (Å²) in [7, 11) is 1.40. The fraction of sp³-hybridized carbons (Fsp3) is 0.462. The minimum atomic E-state index is -0.206. The van der Waals surface area contributed by atoms with Gasteiger partial charge in [-0.25, -0.2) is 0 Å². The highest BCUT2D eigenvalue weighted by Gasteiger charge is 2.10. The van der Waals surface area contributed by atoms with Gasteiger partial charge in [-0.3, -0.25) is 4.79 Å². The number of methoxy groups -OCH3 is 1. The predicted octanol–water partition coefficient (Wildman–Crippen LogP) is 2.21. The van der Waals surface area contributed by atoms with E-state index < -0.39 is 0 Å². The number of nitrogens with two attached hydrogens (primary N) is 1. The summed E-state index contributed by atoms with van der Waals surface area (Å²) in [5.41, 5.74) is 9.69. The first-order chi connectivity index (χ1) is 8.04. The number of carbonyl (C=O) groups is 1. The van der Waals surface area contributed by atoms with Gasteiger partial charge < -0.3 is 10.5 Å². The number of esters is 1. The van der Waals surface area contributed by atoms with Gasteiger partial charge in [-0.15, -0.1) is 11.8 Å². The molecule has 17 heavy (non-hydrogen) atoms. The fourth-order valence-electron chi connectivity index (χ4n) is 1.66. The Morgan fingerprint density at radius 2 is 2.18 bits per heavy atom. The zero-order valence-electron chi connectivity index (χ0n) is 10.5. The van der Waals surface area contributed by atoms with E-state index in [0.29, 0.717) is 5.75 Å². The lowest BCUT2D eigenvalue weighted by Crippen LogP contribution is -2.16. The van der Waals surface area contributed by atoms with Crippen LogP contribution in [0.3, 0.4) is 0 Å². The van der Waals surface area contributed by atoms with Crippen LogP contribution in [-0.4, -0.2) is 24.6 Å². The fourth-order valence-corrected chi connectivity index (χ4v) is 2.50. The third-order valence-electron chi connectivity index (χ3n) is 2.57. The largest absolute Gasteiger partial charge is 0.468 e. The van der Waals surface area contributed by atoms with Gasteiger partial charge in [0.15, 0.2) is 0 Å². The van der Waals surface area contributed by atoms with E-state index in [2.05, 4.69) is 36.8 Å². The molecule has 1 rings (SSSR count). The highest BCUT2D eigenvalue weighted by atomic mass is 32.2. The van der Waals surface area contributed by atoms with Crippen molar-refractivity contribution in [3.05, 3.63) is 34.9 Å². The van der Waals surface area contributed by atoms with Gasteiger partial charge >= 0.3 is 5.97 Å². The normalized spacial score (nSPS) is 12.2. The minimum absolute atomic E-state index is 0.0368. The molecule has 3 nitrogen and oxygen atoms in total. The summed E-state index contributed by atoms with van der Waals surface area (Å²) in [6.45, 7) is 4.13. The number of benzene rings is 1. The van der Waals surface area contributed by atoms with Crippen LogP contribution in [0.25, 0.3) is 0 Å². The number of ether oxygens (including phenoxy) is 1.